The van der Waals surface area contributed by atoms with Crippen molar-refractivity contribution < 1.29 is 19.1 Å². The molecule has 4 heteroatoms. The van der Waals surface area contributed by atoms with Gasteiger partial charge in [0, 0.05) is 23.1 Å². The summed E-state index contributed by atoms with van der Waals surface area (Å²) >= 11 is 0. The second-order valence-electron chi connectivity index (χ2n) is 7.12. The lowest BCUT2D eigenvalue weighted by molar-refractivity contribution is 0.0659. The van der Waals surface area contributed by atoms with Gasteiger partial charge in [0.15, 0.2) is 0 Å². The zero-order chi connectivity index (χ0) is 17.5. The van der Waals surface area contributed by atoms with Crippen LogP contribution in [0.15, 0.2) is 22.6 Å². The van der Waals surface area contributed by atoms with E-state index in [1.54, 1.807) is 0 Å². The first-order valence-electron chi connectivity index (χ1n) is 8.44. The van der Waals surface area contributed by atoms with E-state index in [-0.39, 0.29) is 11.2 Å². The third-order valence-electron chi connectivity index (χ3n) is 4.98. The van der Waals surface area contributed by atoms with Crippen LogP contribution in [-0.2, 0) is 18.3 Å². The summed E-state index contributed by atoms with van der Waals surface area (Å²) in [5.41, 5.74) is 4.27. The molecule has 0 unspecified atom stereocenters. The Morgan fingerprint density at radius 3 is 2.71 bits per heavy atom. The molecule has 1 aromatic heterocycles. The highest BCUT2D eigenvalue weighted by Crippen LogP contribution is 2.42. The van der Waals surface area contributed by atoms with Crippen molar-refractivity contribution in [1.29, 1.82) is 0 Å². The molecule has 0 fully saturated rings. The number of hydrogen-bond donors (Lipinski definition) is 1. The van der Waals surface area contributed by atoms with E-state index < -0.39 is 5.97 Å². The largest absolute Gasteiger partial charge is 0.493 e. The number of hydrogen-bond acceptors (Lipinski definition) is 3. The number of fused-ring (bicyclic) bond motifs is 1. The van der Waals surface area contributed by atoms with Gasteiger partial charge in [-0.15, -0.1) is 0 Å². The Labute approximate surface area is 142 Å². The molecule has 1 aliphatic rings. The van der Waals surface area contributed by atoms with Gasteiger partial charge in [0.2, 0.25) is 5.76 Å². The number of carboxylic acid groups (broad SMARTS) is 1. The van der Waals surface area contributed by atoms with E-state index in [2.05, 4.69) is 32.9 Å². The summed E-state index contributed by atoms with van der Waals surface area (Å²) in [6.45, 7) is 9.16. The fourth-order valence-electron chi connectivity index (χ4n) is 3.38. The summed E-state index contributed by atoms with van der Waals surface area (Å²) in [7, 11) is 0. The van der Waals surface area contributed by atoms with Crippen molar-refractivity contribution in [1.82, 2.24) is 0 Å². The molecule has 0 amide bonds. The van der Waals surface area contributed by atoms with Gasteiger partial charge in [0.05, 0.1) is 6.61 Å². The molecule has 0 saturated carbocycles. The molecule has 1 aromatic carbocycles. The van der Waals surface area contributed by atoms with E-state index in [0.717, 1.165) is 28.9 Å². The number of rotatable bonds is 4. The molecule has 0 saturated heterocycles. The minimum Gasteiger partial charge on any atom is -0.493 e. The molecule has 0 radical (unpaired) electrons. The number of aryl methyl sites for hydroxylation is 2. The van der Waals surface area contributed by atoms with Crippen LogP contribution in [0.1, 0.15) is 65.8 Å². The second-order valence-corrected chi connectivity index (χ2v) is 7.12. The van der Waals surface area contributed by atoms with Crippen LogP contribution >= 0.6 is 0 Å². The van der Waals surface area contributed by atoms with E-state index in [1.165, 1.54) is 5.56 Å². The van der Waals surface area contributed by atoms with Crippen molar-refractivity contribution in [2.75, 3.05) is 6.61 Å². The Balaban J connectivity index is 2.04. The van der Waals surface area contributed by atoms with Crippen LogP contribution < -0.4 is 4.74 Å². The van der Waals surface area contributed by atoms with Crippen molar-refractivity contribution >= 4 is 5.97 Å². The first-order chi connectivity index (χ1) is 11.3. The lowest BCUT2D eigenvalue weighted by Crippen LogP contribution is -2.27. The Hall–Kier alpha value is -2.23. The average Bonchev–Trinajstić information content (AvgIpc) is 2.93. The highest BCUT2D eigenvalue weighted by atomic mass is 16.5. The number of carboxylic acids is 1. The van der Waals surface area contributed by atoms with Gasteiger partial charge in [0.25, 0.3) is 0 Å². The van der Waals surface area contributed by atoms with E-state index in [4.69, 9.17) is 9.15 Å². The predicted molar refractivity (Wildman–Crippen MR) is 92.2 cm³/mol. The third-order valence-corrected chi connectivity index (χ3v) is 4.98. The van der Waals surface area contributed by atoms with E-state index >= 15 is 0 Å². The summed E-state index contributed by atoms with van der Waals surface area (Å²) in [5, 5.41) is 9.27. The molecule has 2 heterocycles. The van der Waals surface area contributed by atoms with Crippen LogP contribution in [0, 0.1) is 6.92 Å². The Morgan fingerprint density at radius 2 is 2.08 bits per heavy atom. The maximum Gasteiger partial charge on any atom is 0.372 e. The topological polar surface area (TPSA) is 59.7 Å². The smallest absolute Gasteiger partial charge is 0.372 e. The van der Waals surface area contributed by atoms with Crippen molar-refractivity contribution in [2.24, 2.45) is 0 Å². The number of aromatic carboxylic acids is 1. The van der Waals surface area contributed by atoms with Gasteiger partial charge in [-0.25, -0.2) is 4.79 Å². The molecule has 2 aromatic rings. The summed E-state index contributed by atoms with van der Waals surface area (Å²) in [4.78, 5) is 11.3. The highest BCUT2D eigenvalue weighted by molar-refractivity contribution is 5.86. The van der Waals surface area contributed by atoms with Gasteiger partial charge in [-0.1, -0.05) is 32.9 Å². The number of furan rings is 1. The van der Waals surface area contributed by atoms with Gasteiger partial charge < -0.3 is 14.3 Å². The average molecular weight is 328 g/mol. The maximum absolute atomic E-state index is 11.3. The summed E-state index contributed by atoms with van der Waals surface area (Å²) in [5.74, 6) is 0.656. The van der Waals surface area contributed by atoms with E-state index in [9.17, 15) is 9.90 Å². The first kappa shape index (κ1) is 16.6. The molecule has 0 spiro atoms. The Kier molecular flexibility index (Phi) is 4.16. The van der Waals surface area contributed by atoms with Gasteiger partial charge in [-0.2, -0.15) is 0 Å². The molecule has 24 heavy (non-hydrogen) atoms. The van der Waals surface area contributed by atoms with Crippen LogP contribution in [0.5, 0.6) is 5.75 Å². The standard InChI is InChI=1S/C20H24O4/c1-5-13-10-14(24-17(13)19(21)22)11-15-12(2)6-7-16-18(15)23-9-8-20(16,3)4/h6-7,10H,5,8-9,11H2,1-4H3,(H,21,22). The summed E-state index contributed by atoms with van der Waals surface area (Å²) in [6, 6.07) is 6.12. The van der Waals surface area contributed by atoms with Crippen LogP contribution in [-0.4, -0.2) is 17.7 Å². The van der Waals surface area contributed by atoms with Gasteiger partial charge in [-0.05, 0) is 36.8 Å². The molecule has 1 N–H and O–H groups in total. The minimum absolute atomic E-state index is 0.0520. The molecule has 0 bridgehead atoms. The maximum atomic E-state index is 11.3. The third kappa shape index (κ3) is 2.81. The van der Waals surface area contributed by atoms with E-state index in [0.29, 0.717) is 25.2 Å². The minimum atomic E-state index is -1.01. The molecular formula is C20H24O4. The van der Waals surface area contributed by atoms with Crippen molar-refractivity contribution in [3.05, 3.63) is 52.0 Å². The normalized spacial score (nSPS) is 15.7. The zero-order valence-corrected chi connectivity index (χ0v) is 14.7. The fourth-order valence-corrected chi connectivity index (χ4v) is 3.38. The molecule has 128 valence electrons. The quantitative estimate of drug-likeness (QED) is 0.897. The molecular weight excluding hydrogens is 304 g/mol. The molecule has 1 aliphatic heterocycles. The SMILES string of the molecule is CCc1cc(Cc2c(C)ccc3c2OCCC3(C)C)oc1C(=O)O. The lowest BCUT2D eigenvalue weighted by Gasteiger charge is -2.34. The fraction of sp³-hybridized carbons (Fsp3) is 0.450. The van der Waals surface area contributed by atoms with Crippen LogP contribution in [0.4, 0.5) is 0 Å². The van der Waals surface area contributed by atoms with Gasteiger partial charge >= 0.3 is 5.97 Å². The monoisotopic (exact) mass is 328 g/mol. The second kappa shape index (κ2) is 6.00. The highest BCUT2D eigenvalue weighted by Gasteiger charge is 2.31. The number of benzene rings is 1. The summed E-state index contributed by atoms with van der Waals surface area (Å²) in [6.07, 6.45) is 2.18. The number of ether oxygens (including phenoxy) is 1. The molecule has 3 rings (SSSR count). The van der Waals surface area contributed by atoms with Crippen molar-refractivity contribution in [3.8, 4) is 5.75 Å². The zero-order valence-electron chi connectivity index (χ0n) is 14.7. The van der Waals surface area contributed by atoms with Crippen molar-refractivity contribution in [3.63, 3.8) is 0 Å². The van der Waals surface area contributed by atoms with Crippen molar-refractivity contribution in [2.45, 2.75) is 52.4 Å². The van der Waals surface area contributed by atoms with E-state index in [1.807, 2.05) is 13.0 Å². The van der Waals surface area contributed by atoms with Crippen LogP contribution in [0.2, 0.25) is 0 Å². The molecule has 0 atom stereocenters. The predicted octanol–water partition coefficient (Wildman–Crippen LogP) is 4.50. The Bertz CT molecular complexity index is 783. The lowest BCUT2D eigenvalue weighted by atomic mass is 9.78. The summed E-state index contributed by atoms with van der Waals surface area (Å²) < 4.78 is 11.6. The van der Waals surface area contributed by atoms with Gasteiger partial charge in [0.1, 0.15) is 11.5 Å². The van der Waals surface area contributed by atoms with Crippen LogP contribution in [0.25, 0.3) is 0 Å². The van der Waals surface area contributed by atoms with Crippen LogP contribution in [0.3, 0.4) is 0 Å². The Morgan fingerprint density at radius 1 is 1.33 bits per heavy atom. The molecule has 4 nitrogen and oxygen atoms in total. The van der Waals surface area contributed by atoms with Gasteiger partial charge in [-0.3, -0.25) is 0 Å². The first-order valence-corrected chi connectivity index (χ1v) is 8.44. The molecule has 0 aliphatic carbocycles. The number of carbonyl (C=O) groups is 1.